The van der Waals surface area contributed by atoms with Crippen LogP contribution in [0.25, 0.3) is 0 Å². The van der Waals surface area contributed by atoms with E-state index >= 15 is 0 Å². The number of rotatable bonds is 2. The highest BCUT2D eigenvalue weighted by Gasteiger charge is 2.61. The van der Waals surface area contributed by atoms with Gasteiger partial charge >= 0.3 is 0 Å². The van der Waals surface area contributed by atoms with Crippen molar-refractivity contribution in [2.24, 2.45) is 47.3 Å². The fraction of sp³-hybridized carbons (Fsp3) is 0.700. The molecule has 4 fully saturated rings. The van der Waals surface area contributed by atoms with Crippen LogP contribution >= 0.6 is 0 Å². The van der Waals surface area contributed by atoms with Gasteiger partial charge in [-0.1, -0.05) is 19.1 Å². The second-order valence-corrected chi connectivity index (χ2v) is 12.3. The summed E-state index contributed by atoms with van der Waals surface area (Å²) in [5.74, 6) is -1.12. The van der Waals surface area contributed by atoms with Crippen molar-refractivity contribution in [3.63, 3.8) is 0 Å². The summed E-state index contributed by atoms with van der Waals surface area (Å²) in [5, 5.41) is 39.2. The maximum atomic E-state index is 12.9. The van der Waals surface area contributed by atoms with E-state index in [9.17, 15) is 29.7 Å². The highest BCUT2D eigenvalue weighted by atomic mass is 16.5. The van der Waals surface area contributed by atoms with E-state index in [4.69, 9.17) is 4.74 Å². The van der Waals surface area contributed by atoms with E-state index in [1.165, 1.54) is 12.2 Å². The number of carbonyl (C=O) groups excluding carboxylic acids is 3. The Hall–Kier alpha value is -2.49. The number of Topliss-reactive ketones (excluding diaryl/α,β-unsaturated/α-hetero) is 1. The molecule has 12 unspecified atom stereocenters. The Morgan fingerprint density at radius 2 is 1.74 bits per heavy atom. The lowest BCUT2D eigenvalue weighted by atomic mass is 9.62. The molecule has 5 aliphatic rings. The molecular weight excluding hydrogens is 500 g/mol. The molecule has 1 saturated heterocycles. The van der Waals surface area contributed by atoms with E-state index in [1.807, 2.05) is 19.1 Å². The van der Waals surface area contributed by atoms with Gasteiger partial charge < -0.3 is 30.7 Å². The van der Waals surface area contributed by atoms with Gasteiger partial charge in [0.2, 0.25) is 5.91 Å². The van der Waals surface area contributed by atoms with Gasteiger partial charge in [0.1, 0.15) is 11.3 Å². The van der Waals surface area contributed by atoms with Crippen molar-refractivity contribution in [2.75, 3.05) is 13.7 Å². The Kier molecular flexibility index (Phi) is 8.04. The molecule has 0 aromatic heterocycles. The first kappa shape index (κ1) is 28.1. The van der Waals surface area contributed by atoms with Crippen molar-refractivity contribution in [3.8, 4) is 0 Å². The van der Waals surface area contributed by atoms with Crippen molar-refractivity contribution in [1.29, 1.82) is 0 Å². The average molecular weight is 543 g/mol. The van der Waals surface area contributed by atoms with Crippen molar-refractivity contribution >= 4 is 17.6 Å². The lowest BCUT2D eigenvalue weighted by Crippen LogP contribution is -2.53. The van der Waals surface area contributed by atoms with Gasteiger partial charge in [-0.2, -0.15) is 0 Å². The minimum atomic E-state index is -0.917. The fourth-order valence-electron chi connectivity index (χ4n) is 8.74. The summed E-state index contributed by atoms with van der Waals surface area (Å²) < 4.78 is 5.69. The number of nitrogens with one attached hydrogen (secondary N) is 2. The lowest BCUT2D eigenvalue weighted by molar-refractivity contribution is -0.139. The van der Waals surface area contributed by atoms with E-state index < -0.39 is 29.9 Å². The van der Waals surface area contributed by atoms with E-state index in [1.54, 1.807) is 7.11 Å². The van der Waals surface area contributed by atoms with Crippen LogP contribution in [-0.2, 0) is 19.1 Å². The standard InChI is InChI=1S/C30H42N2O7/c1-14-12-18-19-13-16-9-10-21(33)26-27(35)20(32-30(26)38)7-5-11-31-22(34)8-4-6-17(16)24(19)28(36)29(37)25(18)23(14)15(2)39-3/h4,8-10,14-20,23-25,28-29,33,36-37H,5-7,11-13H2,1-3H3,(H,31,34)(H,32,38). The van der Waals surface area contributed by atoms with Crippen LogP contribution < -0.4 is 10.6 Å². The number of allylic oxidation sites excluding steroid dienone is 3. The van der Waals surface area contributed by atoms with Crippen molar-refractivity contribution in [2.45, 2.75) is 70.3 Å². The van der Waals surface area contributed by atoms with Gasteiger partial charge in [0.15, 0.2) is 5.78 Å². The molecule has 2 heterocycles. The number of hydrogen-bond donors (Lipinski definition) is 5. The van der Waals surface area contributed by atoms with Gasteiger partial charge in [0.25, 0.3) is 5.91 Å². The largest absolute Gasteiger partial charge is 0.507 e. The van der Waals surface area contributed by atoms with Gasteiger partial charge in [-0.3, -0.25) is 14.4 Å². The average Bonchev–Trinajstić information content (AvgIpc) is 3.53. The van der Waals surface area contributed by atoms with Gasteiger partial charge in [0.05, 0.1) is 24.4 Å². The Bertz CT molecular complexity index is 1080. The Balaban J connectivity index is 1.49. The summed E-state index contributed by atoms with van der Waals surface area (Å²) >= 11 is 0. The number of methoxy groups -OCH3 is 1. The quantitative estimate of drug-likeness (QED) is 0.335. The summed E-state index contributed by atoms with van der Waals surface area (Å²) in [6.07, 6.45) is 7.93. The molecule has 9 nitrogen and oxygen atoms in total. The minimum Gasteiger partial charge on any atom is -0.507 e. The molecule has 3 aliphatic carbocycles. The maximum absolute atomic E-state index is 12.9. The zero-order valence-electron chi connectivity index (χ0n) is 23.0. The first-order valence-electron chi connectivity index (χ1n) is 14.4. The highest BCUT2D eigenvalue weighted by molar-refractivity contribution is 6.27. The normalized spacial score (nSPS) is 43.5. The molecule has 12 atom stereocenters. The number of carbonyl (C=O) groups is 3. The predicted molar refractivity (Wildman–Crippen MR) is 143 cm³/mol. The van der Waals surface area contributed by atoms with Crippen LogP contribution in [0.5, 0.6) is 0 Å². The number of aliphatic hydroxyl groups is 3. The number of hydrogen-bond acceptors (Lipinski definition) is 7. The third-order valence-electron chi connectivity index (χ3n) is 10.4. The van der Waals surface area contributed by atoms with Gasteiger partial charge in [0, 0.05) is 13.7 Å². The molecule has 3 saturated carbocycles. The third kappa shape index (κ3) is 4.98. The molecule has 0 aromatic rings. The second kappa shape index (κ2) is 11.2. The summed E-state index contributed by atoms with van der Waals surface area (Å²) in [6.45, 7) is 4.59. The van der Waals surface area contributed by atoms with Crippen molar-refractivity contribution < 1.29 is 34.4 Å². The SMILES string of the molecule is COC(C)C1C(C)CC2C3CC4C=CC(O)=C5C(=O)NC(CCCNC(=O)C=CCC4C3C(O)C(O)C21)C5=O. The molecule has 0 radical (unpaired) electrons. The number of ether oxygens (including phenoxy) is 1. The van der Waals surface area contributed by atoms with Crippen LogP contribution in [0.4, 0.5) is 0 Å². The van der Waals surface area contributed by atoms with Crippen molar-refractivity contribution in [3.05, 3.63) is 35.6 Å². The lowest BCUT2D eigenvalue weighted by Gasteiger charge is -2.47. The molecule has 39 heavy (non-hydrogen) atoms. The van der Waals surface area contributed by atoms with Crippen LogP contribution in [0.15, 0.2) is 35.6 Å². The molecule has 2 bridgehead atoms. The molecule has 214 valence electrons. The second-order valence-electron chi connectivity index (χ2n) is 12.3. The predicted octanol–water partition coefficient (Wildman–Crippen LogP) is 1.81. The maximum Gasteiger partial charge on any atom is 0.259 e. The smallest absolute Gasteiger partial charge is 0.259 e. The Morgan fingerprint density at radius 3 is 2.49 bits per heavy atom. The van der Waals surface area contributed by atoms with Crippen LogP contribution in [0.1, 0.15) is 46.0 Å². The van der Waals surface area contributed by atoms with Crippen LogP contribution in [0, 0.1) is 47.3 Å². The number of fused-ring (bicyclic) bond motifs is 7. The molecule has 0 aromatic carbocycles. The van der Waals surface area contributed by atoms with E-state index in [-0.39, 0.29) is 64.8 Å². The monoisotopic (exact) mass is 542 g/mol. The molecule has 2 amide bonds. The summed E-state index contributed by atoms with van der Waals surface area (Å²) in [4.78, 5) is 37.8. The van der Waals surface area contributed by atoms with Gasteiger partial charge in [-0.25, -0.2) is 0 Å². The Morgan fingerprint density at radius 1 is 1.03 bits per heavy atom. The first-order chi connectivity index (χ1) is 18.6. The third-order valence-corrected chi connectivity index (χ3v) is 10.4. The molecule has 0 spiro atoms. The van der Waals surface area contributed by atoms with Gasteiger partial charge in [-0.15, -0.1) is 0 Å². The first-order valence-corrected chi connectivity index (χ1v) is 14.4. The molecule has 9 heteroatoms. The van der Waals surface area contributed by atoms with E-state index in [0.717, 1.165) is 12.8 Å². The summed E-state index contributed by atoms with van der Waals surface area (Å²) in [5.41, 5.74) is -0.226. The number of aliphatic hydroxyl groups excluding tert-OH is 3. The van der Waals surface area contributed by atoms with Crippen LogP contribution in [-0.4, -0.2) is 70.9 Å². The fourth-order valence-corrected chi connectivity index (χ4v) is 8.74. The zero-order valence-corrected chi connectivity index (χ0v) is 23.0. The number of amides is 2. The molecule has 5 N–H and O–H groups in total. The Labute approximate surface area is 229 Å². The molecule has 5 rings (SSSR count). The zero-order chi connectivity index (χ0) is 28.0. The molecule has 2 aliphatic heterocycles. The summed E-state index contributed by atoms with van der Waals surface area (Å²) in [7, 11) is 1.69. The minimum absolute atomic E-state index is 0.0344. The van der Waals surface area contributed by atoms with E-state index in [2.05, 4.69) is 17.6 Å². The van der Waals surface area contributed by atoms with Crippen LogP contribution in [0.3, 0.4) is 0 Å². The van der Waals surface area contributed by atoms with Crippen LogP contribution in [0.2, 0.25) is 0 Å². The highest BCUT2D eigenvalue weighted by Crippen LogP contribution is 2.61. The summed E-state index contributed by atoms with van der Waals surface area (Å²) in [6, 6.07) is -0.717. The molecular formula is C30H42N2O7. The van der Waals surface area contributed by atoms with Crippen molar-refractivity contribution in [1.82, 2.24) is 10.6 Å². The number of ketones is 1. The topological polar surface area (TPSA) is 145 Å². The van der Waals surface area contributed by atoms with Gasteiger partial charge in [-0.05, 0) is 98.5 Å². The van der Waals surface area contributed by atoms with E-state index in [0.29, 0.717) is 31.7 Å².